The van der Waals surface area contributed by atoms with Crippen LogP contribution in [-0.2, 0) is 16.0 Å². The van der Waals surface area contributed by atoms with E-state index in [-0.39, 0.29) is 0 Å². The third-order valence-corrected chi connectivity index (χ3v) is 3.63. The van der Waals surface area contributed by atoms with Gasteiger partial charge < -0.3 is 10.2 Å². The van der Waals surface area contributed by atoms with Crippen molar-refractivity contribution in [3.05, 3.63) is 59.4 Å². The second-order valence-electron chi connectivity index (χ2n) is 5.40. The monoisotopic (exact) mass is 350 g/mol. The number of benzene rings is 2. The lowest BCUT2D eigenvalue weighted by Gasteiger charge is -2.21. The van der Waals surface area contributed by atoms with Crippen molar-refractivity contribution >= 4 is 23.2 Å². The Labute approximate surface area is 143 Å². The molecule has 0 aliphatic heterocycles. The minimum absolute atomic E-state index is 0.497. The molecule has 0 unspecified atom stereocenters. The van der Waals surface area contributed by atoms with Crippen LogP contribution in [0.25, 0.3) is 0 Å². The first-order chi connectivity index (χ1) is 11.8. The van der Waals surface area contributed by atoms with Crippen molar-refractivity contribution in [1.29, 1.82) is 0 Å². The van der Waals surface area contributed by atoms with Gasteiger partial charge >= 0.3 is 0 Å². The lowest BCUT2D eigenvalue weighted by Crippen LogP contribution is -2.37. The molecule has 25 heavy (non-hydrogen) atoms. The zero-order valence-corrected chi connectivity index (χ0v) is 13.8. The summed E-state index contributed by atoms with van der Waals surface area (Å²) in [5, 5.41) is 2.57. The fourth-order valence-electron chi connectivity index (χ4n) is 2.26. The zero-order chi connectivity index (χ0) is 18.6. The van der Waals surface area contributed by atoms with Gasteiger partial charge in [-0.1, -0.05) is 19.1 Å². The highest BCUT2D eigenvalue weighted by atomic mass is 19.2. The number of rotatable bonds is 5. The molecule has 0 bridgehead atoms. The number of carbonyl (C=O) groups excluding carboxylic acids is 2. The number of carbonyl (C=O) groups is 2. The first-order valence-corrected chi connectivity index (χ1v) is 7.63. The smallest absolute Gasteiger partial charge is 0.244 e. The molecule has 7 heteroatoms. The third-order valence-electron chi connectivity index (χ3n) is 3.63. The van der Waals surface area contributed by atoms with Gasteiger partial charge in [0.1, 0.15) is 6.54 Å². The van der Waals surface area contributed by atoms with E-state index in [1.165, 1.54) is 0 Å². The Morgan fingerprint density at radius 2 is 1.64 bits per heavy atom. The number of nitrogens with zero attached hydrogens (tertiary/aromatic N) is 1. The molecule has 0 saturated heterocycles. The SMILES string of the molecule is CCc1ccc(NC(=O)CN(C(C)=O)c2ccc(F)c(F)c2F)cc1. The zero-order valence-electron chi connectivity index (χ0n) is 13.8. The fraction of sp³-hybridized carbons (Fsp3) is 0.222. The Bertz CT molecular complexity index is 792. The van der Waals surface area contributed by atoms with Gasteiger partial charge in [0.25, 0.3) is 0 Å². The van der Waals surface area contributed by atoms with Crippen LogP contribution in [0, 0.1) is 17.5 Å². The lowest BCUT2D eigenvalue weighted by molar-refractivity contribution is -0.120. The average Bonchev–Trinajstić information content (AvgIpc) is 2.59. The van der Waals surface area contributed by atoms with Crippen LogP contribution < -0.4 is 10.2 Å². The van der Waals surface area contributed by atoms with E-state index in [1.807, 2.05) is 19.1 Å². The largest absolute Gasteiger partial charge is 0.325 e. The van der Waals surface area contributed by atoms with Gasteiger partial charge in [0.2, 0.25) is 11.8 Å². The quantitative estimate of drug-likeness (QED) is 0.837. The molecule has 0 fully saturated rings. The summed E-state index contributed by atoms with van der Waals surface area (Å²) in [6.45, 7) is 2.56. The molecule has 0 aliphatic rings. The average molecular weight is 350 g/mol. The van der Waals surface area contributed by atoms with Crippen LogP contribution >= 0.6 is 0 Å². The van der Waals surface area contributed by atoms with Gasteiger partial charge in [-0.15, -0.1) is 0 Å². The second kappa shape index (κ2) is 7.83. The van der Waals surface area contributed by atoms with Crippen LogP contribution in [0.3, 0.4) is 0 Å². The van der Waals surface area contributed by atoms with E-state index in [9.17, 15) is 22.8 Å². The number of aryl methyl sites for hydroxylation is 1. The number of halogens is 3. The van der Waals surface area contributed by atoms with E-state index >= 15 is 0 Å². The molecule has 4 nitrogen and oxygen atoms in total. The molecular formula is C18H17F3N2O2. The first-order valence-electron chi connectivity index (χ1n) is 7.63. The van der Waals surface area contributed by atoms with E-state index in [0.717, 1.165) is 29.9 Å². The molecule has 132 valence electrons. The predicted octanol–water partition coefficient (Wildman–Crippen LogP) is 3.66. The minimum Gasteiger partial charge on any atom is -0.325 e. The van der Waals surface area contributed by atoms with Crippen LogP contribution in [0.2, 0.25) is 0 Å². The van der Waals surface area contributed by atoms with E-state index in [1.54, 1.807) is 12.1 Å². The van der Waals surface area contributed by atoms with Gasteiger partial charge in [-0.05, 0) is 36.2 Å². The number of nitrogens with one attached hydrogen (secondary N) is 1. The van der Waals surface area contributed by atoms with Crippen molar-refractivity contribution in [1.82, 2.24) is 0 Å². The lowest BCUT2D eigenvalue weighted by atomic mass is 10.1. The van der Waals surface area contributed by atoms with Crippen molar-refractivity contribution in [2.24, 2.45) is 0 Å². The second-order valence-corrected chi connectivity index (χ2v) is 5.40. The summed E-state index contributed by atoms with van der Waals surface area (Å²) in [6, 6.07) is 8.70. The predicted molar refractivity (Wildman–Crippen MR) is 88.8 cm³/mol. The van der Waals surface area contributed by atoms with E-state index in [0.29, 0.717) is 11.8 Å². The van der Waals surface area contributed by atoms with Crippen LogP contribution in [0.15, 0.2) is 36.4 Å². The summed E-state index contributed by atoms with van der Waals surface area (Å²) in [4.78, 5) is 24.6. The molecule has 2 rings (SSSR count). The van der Waals surface area contributed by atoms with Crippen molar-refractivity contribution in [3.8, 4) is 0 Å². The maximum atomic E-state index is 13.9. The summed E-state index contributed by atoms with van der Waals surface area (Å²) in [5.41, 5.74) is 1.10. The summed E-state index contributed by atoms with van der Waals surface area (Å²) in [7, 11) is 0. The normalized spacial score (nSPS) is 10.4. The highest BCUT2D eigenvalue weighted by Crippen LogP contribution is 2.24. The van der Waals surface area contributed by atoms with E-state index in [4.69, 9.17) is 0 Å². The van der Waals surface area contributed by atoms with Crippen LogP contribution in [0.1, 0.15) is 19.4 Å². The van der Waals surface area contributed by atoms with Crippen molar-refractivity contribution in [2.75, 3.05) is 16.8 Å². The Hall–Kier alpha value is -2.83. The van der Waals surface area contributed by atoms with Gasteiger partial charge in [-0.25, -0.2) is 13.2 Å². The van der Waals surface area contributed by atoms with Crippen LogP contribution in [-0.4, -0.2) is 18.4 Å². The van der Waals surface area contributed by atoms with Crippen molar-refractivity contribution in [3.63, 3.8) is 0 Å². The van der Waals surface area contributed by atoms with Gasteiger partial charge in [0.05, 0.1) is 5.69 Å². The van der Waals surface area contributed by atoms with Crippen molar-refractivity contribution < 1.29 is 22.8 Å². The third kappa shape index (κ3) is 4.37. The highest BCUT2D eigenvalue weighted by molar-refractivity contribution is 6.01. The minimum atomic E-state index is -1.70. The molecule has 0 atom stereocenters. The number of amides is 2. The fourth-order valence-corrected chi connectivity index (χ4v) is 2.26. The van der Waals surface area contributed by atoms with Gasteiger partial charge in [-0.2, -0.15) is 0 Å². The molecular weight excluding hydrogens is 333 g/mol. The molecule has 0 radical (unpaired) electrons. The maximum Gasteiger partial charge on any atom is 0.244 e. The topological polar surface area (TPSA) is 49.4 Å². The molecule has 1 N–H and O–H groups in total. The maximum absolute atomic E-state index is 13.9. The Morgan fingerprint density at radius 1 is 1.00 bits per heavy atom. The number of anilines is 2. The van der Waals surface area contributed by atoms with Crippen LogP contribution in [0.5, 0.6) is 0 Å². The van der Waals surface area contributed by atoms with Gasteiger partial charge in [0, 0.05) is 12.6 Å². The Morgan fingerprint density at radius 3 is 2.20 bits per heavy atom. The first kappa shape index (κ1) is 18.5. The summed E-state index contributed by atoms with van der Waals surface area (Å²) < 4.78 is 40.3. The van der Waals surface area contributed by atoms with E-state index < -0.39 is 41.5 Å². The Balaban J connectivity index is 2.17. The van der Waals surface area contributed by atoms with Crippen molar-refractivity contribution in [2.45, 2.75) is 20.3 Å². The molecule has 0 saturated carbocycles. The molecule has 2 aromatic rings. The molecule has 0 heterocycles. The van der Waals surface area contributed by atoms with Gasteiger partial charge in [0.15, 0.2) is 17.5 Å². The molecule has 2 amide bonds. The number of hydrogen-bond donors (Lipinski definition) is 1. The van der Waals surface area contributed by atoms with Crippen LogP contribution in [0.4, 0.5) is 24.5 Å². The molecule has 0 spiro atoms. The highest BCUT2D eigenvalue weighted by Gasteiger charge is 2.23. The summed E-state index contributed by atoms with van der Waals surface area (Å²) in [5.74, 6) is -5.86. The van der Waals surface area contributed by atoms with Gasteiger partial charge in [-0.3, -0.25) is 9.59 Å². The van der Waals surface area contributed by atoms with E-state index in [2.05, 4.69) is 5.32 Å². The summed E-state index contributed by atoms with van der Waals surface area (Å²) >= 11 is 0. The molecule has 0 aromatic heterocycles. The Kier molecular flexibility index (Phi) is 5.80. The number of hydrogen-bond acceptors (Lipinski definition) is 2. The summed E-state index contributed by atoms with van der Waals surface area (Å²) in [6.07, 6.45) is 0.849. The molecule has 2 aromatic carbocycles. The standard InChI is InChI=1S/C18H17F3N2O2/c1-3-12-4-6-13(7-5-12)22-16(25)10-23(11(2)24)15-9-8-14(19)17(20)18(15)21/h4-9H,3,10H2,1-2H3,(H,22,25). The molecule has 0 aliphatic carbocycles.